The monoisotopic (exact) mass is 143 g/mol. The average molecular weight is 143 g/mol. The summed E-state index contributed by atoms with van der Waals surface area (Å²) in [7, 11) is 0. The van der Waals surface area contributed by atoms with Gasteiger partial charge in [-0.1, -0.05) is 13.8 Å². The molecule has 0 bridgehead atoms. The Kier molecular flexibility index (Phi) is 3.16. The second kappa shape index (κ2) is 3.94. The first-order valence-corrected chi connectivity index (χ1v) is 4.13. The van der Waals surface area contributed by atoms with Crippen molar-refractivity contribution in [2.75, 3.05) is 26.4 Å². The maximum absolute atomic E-state index is 5.44. The van der Waals surface area contributed by atoms with Crippen LogP contribution in [0, 0.1) is 5.92 Å². The third-order valence-electron chi connectivity index (χ3n) is 2.06. The Hall–Kier alpha value is -0.0800. The molecule has 1 rings (SSSR count). The molecule has 1 saturated heterocycles. The highest BCUT2D eigenvalue weighted by Crippen LogP contribution is 2.08. The van der Waals surface area contributed by atoms with Crippen molar-refractivity contribution in [2.24, 2.45) is 5.92 Å². The van der Waals surface area contributed by atoms with Gasteiger partial charge in [0.2, 0.25) is 0 Å². The first-order valence-electron chi connectivity index (χ1n) is 4.13. The van der Waals surface area contributed by atoms with Gasteiger partial charge in [0.1, 0.15) is 0 Å². The summed E-state index contributed by atoms with van der Waals surface area (Å²) in [5.41, 5.74) is 0. The van der Waals surface area contributed by atoms with E-state index in [4.69, 9.17) is 4.74 Å². The van der Waals surface area contributed by atoms with Gasteiger partial charge in [0.05, 0.1) is 13.3 Å². The van der Waals surface area contributed by atoms with Gasteiger partial charge in [-0.3, -0.25) is 4.90 Å². The lowest BCUT2D eigenvalue weighted by Gasteiger charge is -2.15. The lowest BCUT2D eigenvalue weighted by Crippen LogP contribution is -2.24. The van der Waals surface area contributed by atoms with Crippen LogP contribution in [0.25, 0.3) is 0 Å². The maximum atomic E-state index is 5.44. The van der Waals surface area contributed by atoms with E-state index in [1.54, 1.807) is 0 Å². The minimum Gasteiger partial charge on any atom is -0.366 e. The molecular formula is C8H17NO. The highest BCUT2D eigenvalue weighted by Gasteiger charge is 2.11. The topological polar surface area (TPSA) is 12.5 Å². The van der Waals surface area contributed by atoms with Crippen molar-refractivity contribution in [1.82, 2.24) is 4.90 Å². The zero-order valence-electron chi connectivity index (χ0n) is 6.97. The van der Waals surface area contributed by atoms with E-state index in [0.29, 0.717) is 0 Å². The third kappa shape index (κ3) is 2.27. The summed E-state index contributed by atoms with van der Waals surface area (Å²) in [5, 5.41) is 0. The minimum absolute atomic E-state index is 0.747. The Bertz CT molecular complexity index is 95.3. The zero-order valence-corrected chi connectivity index (χ0v) is 6.97. The molecule has 0 N–H and O–H groups in total. The van der Waals surface area contributed by atoms with Crippen molar-refractivity contribution in [1.29, 1.82) is 0 Å². The average Bonchev–Trinajstić information content (AvgIpc) is 2.14. The number of nitrogens with zero attached hydrogens (tertiary/aromatic N) is 1. The summed E-state index contributed by atoms with van der Waals surface area (Å²) >= 11 is 0. The van der Waals surface area contributed by atoms with E-state index in [-0.39, 0.29) is 0 Å². The molecule has 2 heteroatoms. The second-order valence-corrected chi connectivity index (χ2v) is 3.10. The van der Waals surface area contributed by atoms with Crippen molar-refractivity contribution in [2.45, 2.75) is 20.3 Å². The van der Waals surface area contributed by atoms with E-state index in [0.717, 1.165) is 25.8 Å². The maximum Gasteiger partial charge on any atom is 0.0990 e. The zero-order chi connectivity index (χ0) is 7.40. The summed E-state index contributed by atoms with van der Waals surface area (Å²) in [6.07, 6.45) is 1.29. The lowest BCUT2D eigenvalue weighted by atomic mass is 10.1. The number of hydrogen-bond donors (Lipinski definition) is 0. The molecule has 2 nitrogen and oxygen atoms in total. The molecule has 0 radical (unpaired) electrons. The van der Waals surface area contributed by atoms with Crippen LogP contribution in [0.4, 0.5) is 0 Å². The minimum atomic E-state index is 0.747. The fraction of sp³-hybridized carbons (Fsp3) is 1.00. The first kappa shape index (κ1) is 8.02. The van der Waals surface area contributed by atoms with Crippen molar-refractivity contribution in [3.05, 3.63) is 0 Å². The fourth-order valence-electron chi connectivity index (χ4n) is 1.18. The van der Waals surface area contributed by atoms with Gasteiger partial charge in [0.15, 0.2) is 0 Å². The molecule has 0 aromatic heterocycles. The van der Waals surface area contributed by atoms with E-state index >= 15 is 0 Å². The molecule has 0 aromatic rings. The molecule has 0 aromatic carbocycles. The van der Waals surface area contributed by atoms with Crippen molar-refractivity contribution >= 4 is 0 Å². The number of hydrogen-bond acceptors (Lipinski definition) is 2. The van der Waals surface area contributed by atoms with Crippen LogP contribution in [0.15, 0.2) is 0 Å². The van der Waals surface area contributed by atoms with Crippen LogP contribution in [0.1, 0.15) is 20.3 Å². The molecule has 0 unspecified atom stereocenters. The van der Waals surface area contributed by atoms with Crippen molar-refractivity contribution in [3.63, 3.8) is 0 Å². The molecule has 1 aliphatic rings. The van der Waals surface area contributed by atoms with Crippen LogP contribution in [0.5, 0.6) is 0 Å². The molecule has 1 atom stereocenters. The second-order valence-electron chi connectivity index (χ2n) is 3.10. The largest absolute Gasteiger partial charge is 0.366 e. The van der Waals surface area contributed by atoms with Gasteiger partial charge in [0, 0.05) is 6.54 Å². The Morgan fingerprint density at radius 1 is 1.60 bits per heavy atom. The highest BCUT2D eigenvalue weighted by molar-refractivity contribution is 4.60. The van der Waals surface area contributed by atoms with E-state index in [1.165, 1.54) is 13.0 Å². The smallest absolute Gasteiger partial charge is 0.0990 e. The molecule has 1 fully saturated rings. The molecule has 10 heavy (non-hydrogen) atoms. The van der Waals surface area contributed by atoms with E-state index in [1.807, 2.05) is 0 Å². The number of rotatable bonds is 1. The summed E-state index contributed by atoms with van der Waals surface area (Å²) < 4.78 is 5.44. The van der Waals surface area contributed by atoms with Gasteiger partial charge >= 0.3 is 0 Å². The van der Waals surface area contributed by atoms with Gasteiger partial charge in [-0.15, -0.1) is 0 Å². The Morgan fingerprint density at radius 3 is 3.10 bits per heavy atom. The van der Waals surface area contributed by atoms with Crippen LogP contribution in [-0.2, 0) is 4.74 Å². The molecule has 60 valence electrons. The number of ether oxygens (including phenoxy) is 1. The molecule has 0 saturated carbocycles. The van der Waals surface area contributed by atoms with Gasteiger partial charge in [-0.2, -0.15) is 0 Å². The standard InChI is InChI=1S/C8H17NO/c1-3-9-5-4-8(2)6-10-7-9/h8H,3-7H2,1-2H3/t8-/m0/s1. The van der Waals surface area contributed by atoms with Gasteiger partial charge < -0.3 is 4.74 Å². The third-order valence-corrected chi connectivity index (χ3v) is 2.06. The van der Waals surface area contributed by atoms with Crippen molar-refractivity contribution < 1.29 is 4.74 Å². The summed E-state index contributed by atoms with van der Waals surface area (Å²) in [6, 6.07) is 0. The molecular weight excluding hydrogens is 126 g/mol. The predicted octanol–water partition coefficient (Wildman–Crippen LogP) is 1.32. The van der Waals surface area contributed by atoms with Gasteiger partial charge in [0.25, 0.3) is 0 Å². The van der Waals surface area contributed by atoms with Crippen LogP contribution in [0.2, 0.25) is 0 Å². The normalized spacial score (nSPS) is 30.0. The quantitative estimate of drug-likeness (QED) is 0.549. The van der Waals surface area contributed by atoms with Crippen LogP contribution < -0.4 is 0 Å². The molecule has 0 aliphatic carbocycles. The molecule has 1 heterocycles. The van der Waals surface area contributed by atoms with Crippen LogP contribution >= 0.6 is 0 Å². The van der Waals surface area contributed by atoms with Gasteiger partial charge in [-0.05, 0) is 18.9 Å². The van der Waals surface area contributed by atoms with E-state index in [2.05, 4.69) is 18.7 Å². The Labute approximate surface area is 63.2 Å². The van der Waals surface area contributed by atoms with Gasteiger partial charge in [-0.25, -0.2) is 0 Å². The van der Waals surface area contributed by atoms with E-state index in [9.17, 15) is 0 Å². The summed E-state index contributed by atoms with van der Waals surface area (Å²) in [5.74, 6) is 0.747. The Balaban J connectivity index is 2.26. The first-order chi connectivity index (χ1) is 4.83. The SMILES string of the molecule is CCN1CC[C@H](C)COC1. The molecule has 0 spiro atoms. The summed E-state index contributed by atoms with van der Waals surface area (Å²) in [6.45, 7) is 8.53. The van der Waals surface area contributed by atoms with Crippen LogP contribution in [0.3, 0.4) is 0 Å². The molecule has 1 aliphatic heterocycles. The lowest BCUT2D eigenvalue weighted by molar-refractivity contribution is 0.0444. The fourth-order valence-corrected chi connectivity index (χ4v) is 1.18. The highest BCUT2D eigenvalue weighted by atomic mass is 16.5. The van der Waals surface area contributed by atoms with E-state index < -0.39 is 0 Å². The summed E-state index contributed by atoms with van der Waals surface area (Å²) in [4.78, 5) is 2.34. The Morgan fingerprint density at radius 2 is 2.40 bits per heavy atom. The predicted molar refractivity (Wildman–Crippen MR) is 41.8 cm³/mol. The van der Waals surface area contributed by atoms with Crippen LogP contribution in [-0.4, -0.2) is 31.3 Å². The molecule has 0 amide bonds. The van der Waals surface area contributed by atoms with Crippen molar-refractivity contribution in [3.8, 4) is 0 Å².